The van der Waals surface area contributed by atoms with Crippen LogP contribution in [0.25, 0.3) is 0 Å². The number of hydrogen-bond acceptors (Lipinski definition) is 4. The first kappa shape index (κ1) is 11.3. The maximum atomic E-state index is 10.5. The highest BCUT2D eigenvalue weighted by molar-refractivity contribution is 5.64. The van der Waals surface area contributed by atoms with Gasteiger partial charge in [0, 0.05) is 0 Å². The lowest BCUT2D eigenvalue weighted by Gasteiger charge is -2.28. The van der Waals surface area contributed by atoms with E-state index in [4.69, 9.17) is 4.74 Å². The average Bonchev–Trinajstić information content (AvgIpc) is 2.04. The molecule has 0 spiro atoms. The van der Waals surface area contributed by atoms with E-state index in [1.807, 2.05) is 0 Å². The molecule has 1 N–H and O–H groups in total. The summed E-state index contributed by atoms with van der Waals surface area (Å²) in [5.41, 5.74) is -1.09. The molecule has 0 radical (unpaired) electrons. The SMILES string of the molecule is CCC(C)(C=O)OC(C)(O)C=O. The van der Waals surface area contributed by atoms with Crippen molar-refractivity contribution >= 4 is 12.6 Å². The van der Waals surface area contributed by atoms with Gasteiger partial charge in [-0.15, -0.1) is 0 Å². The Kier molecular flexibility index (Phi) is 3.55. The van der Waals surface area contributed by atoms with Gasteiger partial charge in [0.1, 0.15) is 5.60 Å². The third-order valence-corrected chi connectivity index (χ3v) is 1.61. The quantitative estimate of drug-likeness (QED) is 0.480. The average molecular weight is 174 g/mol. The monoisotopic (exact) mass is 174 g/mol. The van der Waals surface area contributed by atoms with E-state index in [1.165, 1.54) is 13.8 Å². The molecule has 0 aromatic carbocycles. The number of hydrogen-bond donors (Lipinski definition) is 1. The second-order valence-electron chi connectivity index (χ2n) is 3.06. The van der Waals surface area contributed by atoms with Gasteiger partial charge in [-0.3, -0.25) is 4.79 Å². The van der Waals surface area contributed by atoms with Crippen molar-refractivity contribution in [3.8, 4) is 0 Å². The lowest BCUT2D eigenvalue weighted by molar-refractivity contribution is -0.225. The third kappa shape index (κ3) is 3.11. The van der Waals surface area contributed by atoms with E-state index in [2.05, 4.69) is 0 Å². The van der Waals surface area contributed by atoms with Crippen LogP contribution in [0, 0.1) is 0 Å². The van der Waals surface area contributed by atoms with Crippen LogP contribution in [-0.2, 0) is 14.3 Å². The normalized spacial score (nSPS) is 20.7. The molecular formula is C8H14O4. The summed E-state index contributed by atoms with van der Waals surface area (Å²) in [6, 6.07) is 0. The molecule has 0 aromatic rings. The van der Waals surface area contributed by atoms with Crippen molar-refractivity contribution in [2.75, 3.05) is 0 Å². The van der Waals surface area contributed by atoms with Crippen molar-refractivity contribution in [1.82, 2.24) is 0 Å². The molecule has 12 heavy (non-hydrogen) atoms. The molecule has 0 heterocycles. The van der Waals surface area contributed by atoms with Gasteiger partial charge in [-0.1, -0.05) is 6.92 Å². The molecule has 0 bridgehead atoms. The minimum atomic E-state index is -1.88. The van der Waals surface area contributed by atoms with Crippen LogP contribution in [0.5, 0.6) is 0 Å². The first-order valence-electron chi connectivity index (χ1n) is 3.74. The van der Waals surface area contributed by atoms with Crippen molar-refractivity contribution in [1.29, 1.82) is 0 Å². The Bertz CT molecular complexity index is 176. The molecular weight excluding hydrogens is 160 g/mol. The minimum absolute atomic E-state index is 0.254. The fourth-order valence-electron chi connectivity index (χ4n) is 0.676. The van der Waals surface area contributed by atoms with Crippen LogP contribution in [0.4, 0.5) is 0 Å². The Morgan fingerprint density at radius 2 is 1.83 bits per heavy atom. The smallest absolute Gasteiger partial charge is 0.221 e. The Morgan fingerprint density at radius 1 is 1.33 bits per heavy atom. The van der Waals surface area contributed by atoms with E-state index in [-0.39, 0.29) is 6.29 Å². The first-order chi connectivity index (χ1) is 5.39. The standard InChI is InChI=1S/C8H14O4/c1-4-7(2,5-9)12-8(3,11)6-10/h5-6,11H,4H2,1-3H3. The summed E-state index contributed by atoms with van der Waals surface area (Å²) >= 11 is 0. The van der Waals surface area contributed by atoms with E-state index in [9.17, 15) is 14.7 Å². The predicted molar refractivity (Wildman–Crippen MR) is 42.5 cm³/mol. The van der Waals surface area contributed by atoms with Crippen molar-refractivity contribution in [2.45, 2.75) is 38.6 Å². The number of carbonyl (C=O) groups excluding carboxylic acids is 2. The summed E-state index contributed by atoms with van der Waals surface area (Å²) in [5, 5.41) is 9.17. The molecule has 0 aliphatic carbocycles. The van der Waals surface area contributed by atoms with Crippen LogP contribution in [0.1, 0.15) is 27.2 Å². The largest absolute Gasteiger partial charge is 0.360 e. The zero-order valence-electron chi connectivity index (χ0n) is 7.53. The minimum Gasteiger partial charge on any atom is -0.360 e. The molecule has 0 saturated heterocycles. The molecule has 0 aliphatic rings. The van der Waals surface area contributed by atoms with Crippen molar-refractivity contribution < 1.29 is 19.4 Å². The van der Waals surface area contributed by atoms with Gasteiger partial charge in [-0.25, -0.2) is 0 Å². The molecule has 70 valence electrons. The molecule has 2 atom stereocenters. The van der Waals surface area contributed by atoms with Crippen LogP contribution in [0.15, 0.2) is 0 Å². The van der Waals surface area contributed by atoms with Crippen LogP contribution in [-0.4, -0.2) is 29.1 Å². The van der Waals surface area contributed by atoms with E-state index < -0.39 is 11.4 Å². The molecule has 0 saturated carbocycles. The van der Waals surface area contributed by atoms with Crippen molar-refractivity contribution in [3.63, 3.8) is 0 Å². The highest BCUT2D eigenvalue weighted by Gasteiger charge is 2.32. The van der Waals surface area contributed by atoms with Gasteiger partial charge in [0.25, 0.3) is 0 Å². The van der Waals surface area contributed by atoms with Crippen LogP contribution >= 0.6 is 0 Å². The predicted octanol–water partition coefficient (Wildman–Crippen LogP) is 0.278. The van der Waals surface area contributed by atoms with Gasteiger partial charge in [-0.05, 0) is 20.3 Å². The van der Waals surface area contributed by atoms with E-state index in [0.717, 1.165) is 0 Å². The van der Waals surface area contributed by atoms with Crippen molar-refractivity contribution in [2.24, 2.45) is 0 Å². The van der Waals surface area contributed by atoms with E-state index >= 15 is 0 Å². The molecule has 4 heteroatoms. The van der Waals surface area contributed by atoms with Crippen LogP contribution < -0.4 is 0 Å². The van der Waals surface area contributed by atoms with Crippen LogP contribution in [0.2, 0.25) is 0 Å². The summed E-state index contributed by atoms with van der Waals surface area (Å²) in [6.45, 7) is 4.44. The Balaban J connectivity index is 4.39. The molecule has 0 rings (SSSR count). The topological polar surface area (TPSA) is 63.6 Å². The maximum absolute atomic E-state index is 10.5. The highest BCUT2D eigenvalue weighted by Crippen LogP contribution is 2.18. The van der Waals surface area contributed by atoms with Gasteiger partial charge in [0.2, 0.25) is 5.79 Å². The second kappa shape index (κ2) is 3.78. The Labute approximate surface area is 71.5 Å². The fraction of sp³-hybridized carbons (Fsp3) is 0.750. The maximum Gasteiger partial charge on any atom is 0.221 e. The van der Waals surface area contributed by atoms with Gasteiger partial charge in [0.15, 0.2) is 12.6 Å². The Hall–Kier alpha value is -0.740. The fourth-order valence-corrected chi connectivity index (χ4v) is 0.676. The summed E-state index contributed by atoms with van der Waals surface area (Å²) in [5.74, 6) is -1.88. The van der Waals surface area contributed by atoms with Gasteiger partial charge < -0.3 is 14.6 Å². The summed E-state index contributed by atoms with van der Waals surface area (Å²) in [6.07, 6.45) is 1.23. The molecule has 0 amide bonds. The van der Waals surface area contributed by atoms with Crippen molar-refractivity contribution in [3.05, 3.63) is 0 Å². The number of aliphatic hydroxyl groups is 1. The third-order valence-electron chi connectivity index (χ3n) is 1.61. The van der Waals surface area contributed by atoms with Gasteiger partial charge in [0.05, 0.1) is 0 Å². The first-order valence-corrected chi connectivity index (χ1v) is 3.74. The van der Waals surface area contributed by atoms with Gasteiger partial charge >= 0.3 is 0 Å². The number of rotatable bonds is 5. The zero-order chi connectivity index (χ0) is 9.83. The van der Waals surface area contributed by atoms with Gasteiger partial charge in [-0.2, -0.15) is 0 Å². The highest BCUT2D eigenvalue weighted by atomic mass is 16.6. The number of aldehydes is 2. The Morgan fingerprint density at radius 3 is 2.08 bits per heavy atom. The summed E-state index contributed by atoms with van der Waals surface area (Å²) in [4.78, 5) is 20.7. The molecule has 0 fully saturated rings. The molecule has 0 aromatic heterocycles. The van der Waals surface area contributed by atoms with E-state index in [1.54, 1.807) is 6.92 Å². The molecule has 4 nitrogen and oxygen atoms in total. The van der Waals surface area contributed by atoms with Crippen LogP contribution in [0.3, 0.4) is 0 Å². The molecule has 2 unspecified atom stereocenters. The zero-order valence-corrected chi connectivity index (χ0v) is 7.53. The number of carbonyl (C=O) groups is 2. The lowest BCUT2D eigenvalue weighted by Crippen LogP contribution is -2.42. The second-order valence-corrected chi connectivity index (χ2v) is 3.06. The number of ether oxygens (including phenoxy) is 1. The summed E-state index contributed by atoms with van der Waals surface area (Å²) < 4.78 is 4.89. The molecule has 0 aliphatic heterocycles. The lowest BCUT2D eigenvalue weighted by atomic mass is 10.1. The van der Waals surface area contributed by atoms with E-state index in [0.29, 0.717) is 12.7 Å². The summed E-state index contributed by atoms with van der Waals surface area (Å²) in [7, 11) is 0.